The summed E-state index contributed by atoms with van der Waals surface area (Å²) in [7, 11) is 2.16. The van der Waals surface area contributed by atoms with E-state index < -0.39 is 33.2 Å². The summed E-state index contributed by atoms with van der Waals surface area (Å²) in [5.74, 6) is -2.23. The van der Waals surface area contributed by atoms with Crippen LogP contribution in [0, 0.1) is 20.2 Å². The second-order valence-electron chi connectivity index (χ2n) is 7.40. The van der Waals surface area contributed by atoms with E-state index in [9.17, 15) is 39.4 Å². The quantitative estimate of drug-likeness (QED) is 0.134. The number of esters is 2. The van der Waals surface area contributed by atoms with Crippen LogP contribution in [0.2, 0.25) is 0 Å². The fourth-order valence-electron chi connectivity index (χ4n) is 2.75. The zero-order valence-electron chi connectivity index (χ0n) is 19.8. The van der Waals surface area contributed by atoms with Crippen LogP contribution < -0.4 is 0 Å². The largest absolute Gasteiger partial charge is 0.461 e. The fourth-order valence-corrected chi connectivity index (χ4v) is 4.72. The Morgan fingerprint density at radius 2 is 1.22 bits per heavy atom. The van der Waals surface area contributed by atoms with Crippen molar-refractivity contribution in [1.29, 1.82) is 0 Å². The van der Waals surface area contributed by atoms with Gasteiger partial charge in [0.2, 0.25) is 0 Å². The molecule has 2 rings (SSSR count). The van der Waals surface area contributed by atoms with Gasteiger partial charge in [-0.3, -0.25) is 29.8 Å². The molecule has 0 aliphatic heterocycles. The average Bonchev–Trinajstić information content (AvgIpc) is 2.86. The van der Waals surface area contributed by atoms with Gasteiger partial charge in [0.25, 0.3) is 11.4 Å². The smallest absolute Gasteiger partial charge is 0.345 e. The van der Waals surface area contributed by atoms with E-state index in [4.69, 9.17) is 9.47 Å². The van der Waals surface area contributed by atoms with Crippen molar-refractivity contribution in [2.75, 3.05) is 13.2 Å². The van der Waals surface area contributed by atoms with Gasteiger partial charge in [0, 0.05) is 41.2 Å². The van der Waals surface area contributed by atoms with Crippen LogP contribution in [-0.4, -0.2) is 46.6 Å². The highest BCUT2D eigenvalue weighted by atomic mass is 33.1. The Hall–Kier alpha value is -3.78. The average molecular weight is 551 g/mol. The summed E-state index contributed by atoms with van der Waals surface area (Å²) in [4.78, 5) is 69.3. The maximum Gasteiger partial charge on any atom is 0.345 e. The highest BCUT2D eigenvalue weighted by Crippen LogP contribution is 2.40. The third-order valence-corrected chi connectivity index (χ3v) is 7.08. The minimum absolute atomic E-state index is 0.00000602. The van der Waals surface area contributed by atoms with E-state index in [-0.39, 0.29) is 55.2 Å². The summed E-state index contributed by atoms with van der Waals surface area (Å²) in [6.07, 6.45) is 0.255. The first-order valence-corrected chi connectivity index (χ1v) is 12.9. The molecule has 0 spiro atoms. The molecule has 0 heterocycles. The minimum Gasteiger partial charge on any atom is -0.461 e. The van der Waals surface area contributed by atoms with E-state index in [1.165, 1.54) is 31.2 Å². The Morgan fingerprint density at radius 3 is 1.59 bits per heavy atom. The minimum atomic E-state index is -0.956. The van der Waals surface area contributed by atoms with Crippen LogP contribution >= 0.6 is 21.6 Å². The summed E-state index contributed by atoms with van der Waals surface area (Å²) in [6.45, 7) is 2.56. The molecule has 0 saturated carbocycles. The number of nitro benzene ring substituents is 2. The molecule has 196 valence electrons. The molecule has 0 bridgehead atoms. The molecule has 0 radical (unpaired) electrons. The van der Waals surface area contributed by atoms with Gasteiger partial charge in [0.15, 0.2) is 0 Å². The molecule has 2 aromatic rings. The lowest BCUT2D eigenvalue weighted by molar-refractivity contribution is -0.385. The number of benzene rings is 2. The molecule has 37 heavy (non-hydrogen) atoms. The van der Waals surface area contributed by atoms with Crippen molar-refractivity contribution in [3.63, 3.8) is 0 Å². The molecule has 0 atom stereocenters. The van der Waals surface area contributed by atoms with Gasteiger partial charge in [-0.05, 0) is 31.2 Å². The van der Waals surface area contributed by atoms with Crippen molar-refractivity contribution in [2.45, 2.75) is 42.9 Å². The summed E-state index contributed by atoms with van der Waals surface area (Å²) in [6, 6.07) is 7.63. The first kappa shape index (κ1) is 29.5. The number of hydrogen-bond donors (Lipinski definition) is 0. The summed E-state index contributed by atoms with van der Waals surface area (Å²) in [5, 5.41) is 22.7. The lowest BCUT2D eigenvalue weighted by atomic mass is 10.2. The van der Waals surface area contributed by atoms with Gasteiger partial charge in [0.1, 0.15) is 22.7 Å². The van der Waals surface area contributed by atoms with E-state index in [0.717, 1.165) is 33.7 Å². The van der Waals surface area contributed by atoms with E-state index in [0.29, 0.717) is 9.79 Å². The first-order chi connectivity index (χ1) is 17.5. The first-order valence-electron chi connectivity index (χ1n) is 10.8. The number of ketones is 2. The number of rotatable bonds is 14. The van der Waals surface area contributed by atoms with Crippen molar-refractivity contribution >= 4 is 56.5 Å². The molecule has 0 amide bonds. The molecule has 0 aliphatic rings. The SMILES string of the molecule is CCC(=O)CCOC(=O)c1cc(SSc2ccc([N+](=O)[O-])c(C(=O)OCCC(C)=O)c2)ccc1[N+](=O)[O-]. The van der Waals surface area contributed by atoms with Gasteiger partial charge in [-0.2, -0.15) is 0 Å². The topological polar surface area (TPSA) is 173 Å². The Kier molecular flexibility index (Phi) is 11.2. The zero-order chi connectivity index (χ0) is 27.5. The van der Waals surface area contributed by atoms with Crippen molar-refractivity contribution in [3.8, 4) is 0 Å². The molecule has 0 aromatic heterocycles. The highest BCUT2D eigenvalue weighted by molar-refractivity contribution is 8.76. The number of hydrogen-bond acceptors (Lipinski definition) is 12. The number of carbonyl (C=O) groups excluding carboxylic acids is 4. The summed E-state index contributed by atoms with van der Waals surface area (Å²) >= 11 is 0. The normalized spacial score (nSPS) is 10.4. The molecule has 0 aliphatic carbocycles. The molecular formula is C23H22N2O10S2. The van der Waals surface area contributed by atoms with E-state index in [2.05, 4.69) is 0 Å². The van der Waals surface area contributed by atoms with Gasteiger partial charge >= 0.3 is 11.9 Å². The van der Waals surface area contributed by atoms with Gasteiger partial charge < -0.3 is 9.47 Å². The fraction of sp³-hybridized carbons (Fsp3) is 0.304. The Bertz CT molecular complexity index is 1230. The van der Waals surface area contributed by atoms with Crippen LogP contribution in [0.5, 0.6) is 0 Å². The predicted octanol–water partition coefficient (Wildman–Crippen LogP) is 4.96. The van der Waals surface area contributed by atoms with Gasteiger partial charge in [-0.15, -0.1) is 0 Å². The zero-order valence-corrected chi connectivity index (χ0v) is 21.4. The number of nitrogens with zero attached hydrogens (tertiary/aromatic N) is 2. The van der Waals surface area contributed by atoms with Crippen molar-refractivity contribution in [1.82, 2.24) is 0 Å². The van der Waals surface area contributed by atoms with Gasteiger partial charge in [0.05, 0.1) is 23.1 Å². The lowest BCUT2D eigenvalue weighted by Crippen LogP contribution is -2.11. The molecular weight excluding hydrogens is 528 g/mol. The third kappa shape index (κ3) is 8.99. The van der Waals surface area contributed by atoms with Crippen LogP contribution in [0.4, 0.5) is 11.4 Å². The highest BCUT2D eigenvalue weighted by Gasteiger charge is 2.24. The van der Waals surface area contributed by atoms with Crippen molar-refractivity contribution in [3.05, 3.63) is 67.8 Å². The predicted molar refractivity (Wildman–Crippen MR) is 134 cm³/mol. The van der Waals surface area contributed by atoms with E-state index in [1.807, 2.05) is 0 Å². The van der Waals surface area contributed by atoms with Crippen LogP contribution in [0.25, 0.3) is 0 Å². The summed E-state index contributed by atoms with van der Waals surface area (Å²) in [5.41, 5.74) is -1.53. The Labute approximate surface area is 218 Å². The third-order valence-electron chi connectivity index (χ3n) is 4.70. The molecule has 2 aromatic carbocycles. The van der Waals surface area contributed by atoms with E-state index in [1.54, 1.807) is 6.92 Å². The number of Topliss-reactive ketones (excluding diaryl/α,β-unsaturated/α-hetero) is 2. The number of carbonyl (C=O) groups is 4. The van der Waals surface area contributed by atoms with Crippen LogP contribution in [0.3, 0.4) is 0 Å². The summed E-state index contributed by atoms with van der Waals surface area (Å²) < 4.78 is 9.98. The standard InChI is InChI=1S/C23H22N2O10S2/c1-3-15(27)9-11-35-23(29)19-13-17(5-7-21(19)25(32)33)37-36-16-4-6-20(24(30)31)18(12-16)22(28)34-10-8-14(2)26/h4-7,12-13H,3,8-11H2,1-2H3. The van der Waals surface area contributed by atoms with Crippen LogP contribution in [0.1, 0.15) is 53.8 Å². The van der Waals surface area contributed by atoms with Crippen LogP contribution in [0.15, 0.2) is 46.2 Å². The monoisotopic (exact) mass is 550 g/mol. The molecule has 0 fully saturated rings. The second kappa shape index (κ2) is 14.1. The molecule has 0 N–H and O–H groups in total. The molecule has 14 heteroatoms. The maximum atomic E-state index is 12.4. The van der Waals surface area contributed by atoms with Crippen molar-refractivity contribution < 1.29 is 38.5 Å². The van der Waals surface area contributed by atoms with E-state index >= 15 is 0 Å². The number of nitro groups is 2. The molecule has 0 unspecified atom stereocenters. The maximum absolute atomic E-state index is 12.4. The lowest BCUT2D eigenvalue weighted by Gasteiger charge is -2.08. The Balaban J connectivity index is 2.20. The van der Waals surface area contributed by atoms with Gasteiger partial charge in [-0.25, -0.2) is 9.59 Å². The van der Waals surface area contributed by atoms with Crippen molar-refractivity contribution in [2.24, 2.45) is 0 Å². The Morgan fingerprint density at radius 1 is 0.784 bits per heavy atom. The molecule has 0 saturated heterocycles. The molecule has 12 nitrogen and oxygen atoms in total. The second-order valence-corrected chi connectivity index (χ2v) is 9.68. The number of ether oxygens (including phenoxy) is 2. The van der Waals surface area contributed by atoms with Gasteiger partial charge in [-0.1, -0.05) is 28.5 Å². The van der Waals surface area contributed by atoms with Crippen LogP contribution in [-0.2, 0) is 19.1 Å².